The summed E-state index contributed by atoms with van der Waals surface area (Å²) in [6.07, 6.45) is 1.51. The molecule has 152 valence electrons. The van der Waals surface area contributed by atoms with Crippen LogP contribution in [0.4, 0.5) is 0 Å². The fraction of sp³-hybridized carbons (Fsp3) is 0.833. The predicted molar refractivity (Wildman–Crippen MR) is 96.1 cm³/mol. The van der Waals surface area contributed by atoms with Crippen molar-refractivity contribution >= 4 is 17.5 Å². The fourth-order valence-corrected chi connectivity index (χ4v) is 1.77. The summed E-state index contributed by atoms with van der Waals surface area (Å²) in [5.74, 6) is 0.0727. The van der Waals surface area contributed by atoms with Crippen LogP contribution < -0.4 is 5.32 Å². The Kier molecular flexibility index (Phi) is 17.5. The quantitative estimate of drug-likeness (QED) is 0.335. The van der Waals surface area contributed by atoms with E-state index in [0.717, 1.165) is 0 Å². The SMILES string of the molecule is CCC(=O)CCOCCOCCOCCOCCNC(=O)CCC(C)=O. The Hall–Kier alpha value is -1.35. The molecule has 0 saturated carbocycles. The number of hydrogen-bond donors (Lipinski definition) is 1. The van der Waals surface area contributed by atoms with Crippen molar-refractivity contribution in [2.75, 3.05) is 59.4 Å². The summed E-state index contributed by atoms with van der Waals surface area (Å²) in [6.45, 7) is 7.37. The van der Waals surface area contributed by atoms with E-state index >= 15 is 0 Å². The zero-order valence-corrected chi connectivity index (χ0v) is 16.1. The molecule has 0 fully saturated rings. The molecule has 8 nitrogen and oxygen atoms in total. The van der Waals surface area contributed by atoms with Crippen LogP contribution in [0.25, 0.3) is 0 Å². The number of rotatable bonds is 19. The minimum atomic E-state index is -0.141. The second-order valence-corrected chi connectivity index (χ2v) is 5.64. The molecular weight excluding hydrogens is 342 g/mol. The molecule has 0 saturated heterocycles. The van der Waals surface area contributed by atoms with E-state index in [9.17, 15) is 14.4 Å². The van der Waals surface area contributed by atoms with Crippen molar-refractivity contribution in [3.8, 4) is 0 Å². The maximum Gasteiger partial charge on any atom is 0.220 e. The lowest BCUT2D eigenvalue weighted by atomic mass is 10.2. The van der Waals surface area contributed by atoms with E-state index in [0.29, 0.717) is 72.2 Å². The third kappa shape index (κ3) is 19.0. The molecular formula is C18H33NO7. The Morgan fingerprint density at radius 3 is 1.69 bits per heavy atom. The van der Waals surface area contributed by atoms with Gasteiger partial charge >= 0.3 is 0 Å². The molecule has 1 N–H and O–H groups in total. The molecule has 0 bridgehead atoms. The molecule has 1 amide bonds. The highest BCUT2D eigenvalue weighted by atomic mass is 16.6. The molecule has 0 aliphatic rings. The van der Waals surface area contributed by atoms with Crippen molar-refractivity contribution in [1.29, 1.82) is 0 Å². The summed E-state index contributed by atoms with van der Waals surface area (Å²) in [4.78, 5) is 33.1. The van der Waals surface area contributed by atoms with E-state index < -0.39 is 0 Å². The van der Waals surface area contributed by atoms with Crippen LogP contribution in [0.5, 0.6) is 0 Å². The fourth-order valence-electron chi connectivity index (χ4n) is 1.77. The van der Waals surface area contributed by atoms with Crippen LogP contribution in [0.3, 0.4) is 0 Å². The molecule has 0 unspecified atom stereocenters. The van der Waals surface area contributed by atoms with Crippen LogP contribution in [0, 0.1) is 0 Å². The Balaban J connectivity index is 3.14. The number of ketones is 2. The summed E-state index contributed by atoms with van der Waals surface area (Å²) < 4.78 is 21.3. The number of Topliss-reactive ketones (excluding diaryl/α,β-unsaturated/α-hetero) is 2. The lowest BCUT2D eigenvalue weighted by Gasteiger charge is -2.08. The van der Waals surface area contributed by atoms with E-state index in [-0.39, 0.29) is 30.3 Å². The monoisotopic (exact) mass is 375 g/mol. The van der Waals surface area contributed by atoms with E-state index in [1.165, 1.54) is 6.92 Å². The van der Waals surface area contributed by atoms with Crippen molar-refractivity contribution in [3.63, 3.8) is 0 Å². The van der Waals surface area contributed by atoms with E-state index in [1.54, 1.807) is 0 Å². The number of amides is 1. The minimum absolute atomic E-state index is 0.00789. The van der Waals surface area contributed by atoms with Gasteiger partial charge in [0.15, 0.2) is 0 Å². The molecule has 26 heavy (non-hydrogen) atoms. The van der Waals surface area contributed by atoms with Gasteiger partial charge in [-0.05, 0) is 6.92 Å². The average molecular weight is 375 g/mol. The molecule has 0 heterocycles. The van der Waals surface area contributed by atoms with Crippen molar-refractivity contribution < 1.29 is 33.3 Å². The highest BCUT2D eigenvalue weighted by Gasteiger charge is 2.02. The van der Waals surface area contributed by atoms with E-state index in [1.807, 2.05) is 6.92 Å². The summed E-state index contributed by atoms with van der Waals surface area (Å²) in [7, 11) is 0. The zero-order chi connectivity index (χ0) is 19.5. The van der Waals surface area contributed by atoms with Gasteiger partial charge in [-0.25, -0.2) is 0 Å². The standard InChI is InChI=1S/C18H33NO7/c1-3-17(21)6-8-23-10-12-25-14-15-26-13-11-24-9-7-19-18(22)5-4-16(2)20/h3-15H2,1-2H3,(H,19,22). The van der Waals surface area contributed by atoms with Gasteiger partial charge in [-0.1, -0.05) is 6.92 Å². The van der Waals surface area contributed by atoms with Crippen molar-refractivity contribution in [2.24, 2.45) is 0 Å². The molecule has 0 spiro atoms. The number of ether oxygens (including phenoxy) is 4. The van der Waals surface area contributed by atoms with Crippen molar-refractivity contribution in [1.82, 2.24) is 5.32 Å². The van der Waals surface area contributed by atoms with Gasteiger partial charge in [-0.15, -0.1) is 0 Å². The van der Waals surface area contributed by atoms with Crippen LogP contribution in [-0.4, -0.2) is 76.9 Å². The van der Waals surface area contributed by atoms with Crippen LogP contribution in [0.2, 0.25) is 0 Å². The first-order valence-electron chi connectivity index (χ1n) is 9.15. The molecule has 0 aliphatic carbocycles. The topological polar surface area (TPSA) is 100 Å². The van der Waals surface area contributed by atoms with Gasteiger partial charge in [0, 0.05) is 32.2 Å². The Bertz CT molecular complexity index is 388. The van der Waals surface area contributed by atoms with Gasteiger partial charge in [0.25, 0.3) is 0 Å². The number of nitrogens with one attached hydrogen (secondary N) is 1. The summed E-state index contributed by atoms with van der Waals surface area (Å²) in [5, 5.41) is 2.68. The average Bonchev–Trinajstić information content (AvgIpc) is 2.62. The van der Waals surface area contributed by atoms with Crippen LogP contribution in [0.15, 0.2) is 0 Å². The van der Waals surface area contributed by atoms with Crippen LogP contribution >= 0.6 is 0 Å². The summed E-state index contributed by atoms with van der Waals surface area (Å²) in [5.41, 5.74) is 0. The molecule has 0 radical (unpaired) electrons. The summed E-state index contributed by atoms with van der Waals surface area (Å²) in [6, 6.07) is 0. The highest BCUT2D eigenvalue weighted by molar-refractivity contribution is 5.83. The lowest BCUT2D eigenvalue weighted by Crippen LogP contribution is -2.27. The molecule has 0 rings (SSSR count). The molecule has 0 aliphatic heterocycles. The highest BCUT2D eigenvalue weighted by Crippen LogP contribution is 1.91. The lowest BCUT2D eigenvalue weighted by molar-refractivity contribution is -0.124. The van der Waals surface area contributed by atoms with Gasteiger partial charge in [-0.2, -0.15) is 0 Å². The van der Waals surface area contributed by atoms with Gasteiger partial charge in [0.1, 0.15) is 11.6 Å². The molecule has 0 aromatic heterocycles. The van der Waals surface area contributed by atoms with Gasteiger partial charge in [0.05, 0.1) is 52.9 Å². The smallest absolute Gasteiger partial charge is 0.220 e. The molecule has 0 aromatic rings. The summed E-state index contributed by atoms with van der Waals surface area (Å²) >= 11 is 0. The van der Waals surface area contributed by atoms with Crippen molar-refractivity contribution in [3.05, 3.63) is 0 Å². The predicted octanol–water partition coefficient (Wildman–Crippen LogP) is 0.907. The first-order chi connectivity index (χ1) is 12.6. The van der Waals surface area contributed by atoms with Crippen molar-refractivity contribution in [2.45, 2.75) is 39.5 Å². The zero-order valence-electron chi connectivity index (χ0n) is 16.1. The van der Waals surface area contributed by atoms with E-state index in [2.05, 4.69) is 5.32 Å². The third-order valence-electron chi connectivity index (χ3n) is 3.31. The Labute approximate surface area is 155 Å². The second-order valence-electron chi connectivity index (χ2n) is 5.64. The first kappa shape index (κ1) is 24.7. The largest absolute Gasteiger partial charge is 0.379 e. The Morgan fingerprint density at radius 1 is 0.692 bits per heavy atom. The number of hydrogen-bond acceptors (Lipinski definition) is 7. The number of carbonyl (C=O) groups is 3. The van der Waals surface area contributed by atoms with Gasteiger partial charge < -0.3 is 29.1 Å². The van der Waals surface area contributed by atoms with Crippen LogP contribution in [-0.2, 0) is 33.3 Å². The maximum absolute atomic E-state index is 11.3. The van der Waals surface area contributed by atoms with Gasteiger partial charge in [0.2, 0.25) is 5.91 Å². The van der Waals surface area contributed by atoms with E-state index in [4.69, 9.17) is 18.9 Å². The normalized spacial score (nSPS) is 10.7. The maximum atomic E-state index is 11.3. The van der Waals surface area contributed by atoms with Gasteiger partial charge in [-0.3, -0.25) is 9.59 Å². The second kappa shape index (κ2) is 18.4. The molecule has 8 heteroatoms. The minimum Gasteiger partial charge on any atom is -0.379 e. The number of carbonyl (C=O) groups excluding carboxylic acids is 3. The first-order valence-corrected chi connectivity index (χ1v) is 9.15. The Morgan fingerprint density at radius 2 is 1.19 bits per heavy atom. The molecule has 0 aromatic carbocycles. The molecule has 0 atom stereocenters. The van der Waals surface area contributed by atoms with Crippen LogP contribution in [0.1, 0.15) is 39.5 Å². The third-order valence-corrected chi connectivity index (χ3v) is 3.31.